The molecule has 2 rings (SSSR count). The number of likely N-dealkylation sites (tertiary alicyclic amines) is 1. The molecular weight excluding hydrogens is 336 g/mol. The molecule has 0 bridgehead atoms. The molecule has 7 heteroatoms. The monoisotopic (exact) mass is 362 g/mol. The summed E-state index contributed by atoms with van der Waals surface area (Å²) < 4.78 is 5.29. The number of benzene rings is 1. The van der Waals surface area contributed by atoms with Crippen LogP contribution in [-0.4, -0.2) is 59.1 Å². The van der Waals surface area contributed by atoms with Crippen LogP contribution >= 0.6 is 0 Å². The Labute approximate surface area is 153 Å². The van der Waals surface area contributed by atoms with E-state index in [1.807, 2.05) is 30.3 Å². The fourth-order valence-electron chi connectivity index (χ4n) is 3.26. The second-order valence-electron chi connectivity index (χ2n) is 6.95. The van der Waals surface area contributed by atoms with Crippen LogP contribution in [0.15, 0.2) is 30.3 Å². The van der Waals surface area contributed by atoms with Gasteiger partial charge in [0.05, 0.1) is 5.92 Å². The Morgan fingerprint density at radius 2 is 1.92 bits per heavy atom. The third-order valence-electron chi connectivity index (χ3n) is 4.65. The zero-order valence-corrected chi connectivity index (χ0v) is 15.4. The van der Waals surface area contributed by atoms with Crippen molar-refractivity contribution in [1.82, 2.24) is 9.80 Å². The van der Waals surface area contributed by atoms with Gasteiger partial charge in [0.15, 0.2) is 0 Å². The van der Waals surface area contributed by atoms with Crippen molar-refractivity contribution in [3.8, 4) is 0 Å². The van der Waals surface area contributed by atoms with Crippen molar-refractivity contribution in [3.05, 3.63) is 35.9 Å². The first kappa shape index (κ1) is 19.8. The third kappa shape index (κ3) is 4.74. The van der Waals surface area contributed by atoms with Crippen molar-refractivity contribution in [2.45, 2.75) is 32.9 Å². The Hall–Kier alpha value is -2.57. The molecule has 7 nitrogen and oxygen atoms in total. The lowest BCUT2D eigenvalue weighted by Crippen LogP contribution is -2.48. The Bertz CT molecular complexity index is 647. The van der Waals surface area contributed by atoms with Crippen LogP contribution < -0.4 is 0 Å². The molecular formula is C19H26N2O5. The summed E-state index contributed by atoms with van der Waals surface area (Å²) in [4.78, 5) is 39.0. The van der Waals surface area contributed by atoms with E-state index < -0.39 is 24.0 Å². The lowest BCUT2D eigenvalue weighted by molar-refractivity contribution is -0.152. The van der Waals surface area contributed by atoms with Gasteiger partial charge in [0, 0.05) is 20.1 Å². The molecule has 0 aliphatic carbocycles. The molecule has 1 aromatic rings. The van der Waals surface area contributed by atoms with Crippen molar-refractivity contribution >= 4 is 18.0 Å². The number of ether oxygens (including phenoxy) is 1. The minimum Gasteiger partial charge on any atom is -0.480 e. The van der Waals surface area contributed by atoms with Gasteiger partial charge in [0.1, 0.15) is 12.6 Å². The molecule has 1 saturated heterocycles. The first-order valence-electron chi connectivity index (χ1n) is 8.76. The van der Waals surface area contributed by atoms with E-state index in [0.29, 0.717) is 13.0 Å². The van der Waals surface area contributed by atoms with E-state index in [4.69, 9.17) is 4.74 Å². The van der Waals surface area contributed by atoms with Crippen LogP contribution in [0.5, 0.6) is 0 Å². The molecule has 26 heavy (non-hydrogen) atoms. The molecule has 1 unspecified atom stereocenters. The highest BCUT2D eigenvalue weighted by Gasteiger charge is 2.37. The van der Waals surface area contributed by atoms with E-state index in [-0.39, 0.29) is 25.0 Å². The third-order valence-corrected chi connectivity index (χ3v) is 4.65. The van der Waals surface area contributed by atoms with E-state index in [9.17, 15) is 19.5 Å². The van der Waals surface area contributed by atoms with E-state index in [0.717, 1.165) is 5.56 Å². The molecule has 2 atom stereocenters. The Kier molecular flexibility index (Phi) is 6.60. The first-order chi connectivity index (χ1) is 12.3. The molecule has 1 aliphatic heterocycles. The number of hydrogen-bond donors (Lipinski definition) is 1. The maximum absolute atomic E-state index is 12.6. The molecule has 1 fully saturated rings. The number of carboxylic acid groups (broad SMARTS) is 1. The standard InChI is InChI=1S/C19H26N2O5/c1-13(2)16(18(23)24)20(3)17(22)15-9-10-21(11-15)19(25)26-12-14-7-5-4-6-8-14/h4-8,13,15-16H,9-12H2,1-3H3,(H,23,24)/t15-,16?/m0/s1. The highest BCUT2D eigenvalue weighted by Crippen LogP contribution is 2.22. The summed E-state index contributed by atoms with van der Waals surface area (Å²) in [6.45, 7) is 4.40. The van der Waals surface area contributed by atoms with Gasteiger partial charge in [0.25, 0.3) is 0 Å². The van der Waals surface area contributed by atoms with Crippen molar-refractivity contribution < 1.29 is 24.2 Å². The molecule has 0 aromatic heterocycles. The molecule has 1 N–H and O–H groups in total. The molecule has 1 aliphatic rings. The number of carboxylic acids is 1. The van der Waals surface area contributed by atoms with Crippen LogP contribution in [0.4, 0.5) is 4.79 Å². The molecule has 0 spiro atoms. The highest BCUT2D eigenvalue weighted by atomic mass is 16.6. The number of carbonyl (C=O) groups excluding carboxylic acids is 2. The second kappa shape index (κ2) is 8.69. The molecule has 1 heterocycles. The lowest BCUT2D eigenvalue weighted by Gasteiger charge is -2.29. The summed E-state index contributed by atoms with van der Waals surface area (Å²) in [5.74, 6) is -1.86. The molecule has 1 aromatic carbocycles. The number of hydrogen-bond acceptors (Lipinski definition) is 4. The van der Waals surface area contributed by atoms with Crippen molar-refractivity contribution in [1.29, 1.82) is 0 Å². The van der Waals surface area contributed by atoms with Crippen molar-refractivity contribution in [3.63, 3.8) is 0 Å². The first-order valence-corrected chi connectivity index (χ1v) is 8.76. The zero-order valence-electron chi connectivity index (χ0n) is 15.4. The van der Waals surface area contributed by atoms with Gasteiger partial charge in [-0.25, -0.2) is 9.59 Å². The molecule has 2 amide bonds. The van der Waals surface area contributed by atoms with Gasteiger partial charge in [-0.1, -0.05) is 44.2 Å². The number of nitrogens with zero attached hydrogens (tertiary/aromatic N) is 2. The minimum absolute atomic E-state index is 0.184. The summed E-state index contributed by atoms with van der Waals surface area (Å²) in [6.07, 6.45) is 0.0547. The topological polar surface area (TPSA) is 87.2 Å². The number of amides is 2. The lowest BCUT2D eigenvalue weighted by atomic mass is 10.0. The van der Waals surface area contributed by atoms with Gasteiger partial charge in [-0.2, -0.15) is 0 Å². The van der Waals surface area contributed by atoms with Crippen LogP contribution in [0.2, 0.25) is 0 Å². The number of aliphatic carboxylic acids is 1. The number of rotatable bonds is 6. The van der Waals surface area contributed by atoms with Crippen molar-refractivity contribution in [2.75, 3.05) is 20.1 Å². The number of carbonyl (C=O) groups is 3. The normalized spacial score (nSPS) is 17.8. The summed E-state index contributed by atoms with van der Waals surface area (Å²) in [6, 6.07) is 8.50. The van der Waals surface area contributed by atoms with E-state index in [2.05, 4.69) is 0 Å². The van der Waals surface area contributed by atoms with Crippen LogP contribution in [0.25, 0.3) is 0 Å². The van der Waals surface area contributed by atoms with Gasteiger partial charge in [0.2, 0.25) is 5.91 Å². The average molecular weight is 362 g/mol. The van der Waals surface area contributed by atoms with Gasteiger partial charge < -0.3 is 19.6 Å². The molecule has 0 radical (unpaired) electrons. The maximum atomic E-state index is 12.6. The van der Waals surface area contributed by atoms with Crippen LogP contribution in [-0.2, 0) is 20.9 Å². The number of likely N-dealkylation sites (N-methyl/N-ethyl adjacent to an activating group) is 1. The minimum atomic E-state index is -1.02. The average Bonchev–Trinajstić information content (AvgIpc) is 3.09. The summed E-state index contributed by atoms with van der Waals surface area (Å²) in [5, 5.41) is 9.35. The second-order valence-corrected chi connectivity index (χ2v) is 6.95. The SMILES string of the molecule is CC(C)C(C(=O)O)N(C)C(=O)[C@H]1CCN(C(=O)OCc2ccccc2)C1. The maximum Gasteiger partial charge on any atom is 0.410 e. The largest absolute Gasteiger partial charge is 0.480 e. The van der Waals surface area contributed by atoms with Crippen molar-refractivity contribution in [2.24, 2.45) is 11.8 Å². The summed E-state index contributed by atoms with van der Waals surface area (Å²) in [7, 11) is 1.51. The van der Waals surface area contributed by atoms with E-state index in [1.165, 1.54) is 16.8 Å². The fraction of sp³-hybridized carbons (Fsp3) is 0.526. The smallest absolute Gasteiger partial charge is 0.410 e. The van der Waals surface area contributed by atoms with Gasteiger partial charge in [-0.15, -0.1) is 0 Å². The fourth-order valence-corrected chi connectivity index (χ4v) is 3.26. The predicted molar refractivity (Wildman–Crippen MR) is 95.3 cm³/mol. The molecule has 142 valence electrons. The summed E-state index contributed by atoms with van der Waals surface area (Å²) >= 11 is 0. The quantitative estimate of drug-likeness (QED) is 0.838. The van der Waals surface area contributed by atoms with Crippen LogP contribution in [0.3, 0.4) is 0 Å². The summed E-state index contributed by atoms with van der Waals surface area (Å²) in [5.41, 5.74) is 0.897. The predicted octanol–water partition coefficient (Wildman–Crippen LogP) is 2.21. The van der Waals surface area contributed by atoms with Crippen LogP contribution in [0.1, 0.15) is 25.8 Å². The Balaban J connectivity index is 1.89. The van der Waals surface area contributed by atoms with Gasteiger partial charge in [-0.05, 0) is 17.9 Å². The van der Waals surface area contributed by atoms with Gasteiger partial charge in [-0.3, -0.25) is 4.79 Å². The van der Waals surface area contributed by atoms with Gasteiger partial charge >= 0.3 is 12.1 Å². The Morgan fingerprint density at radius 1 is 1.27 bits per heavy atom. The zero-order chi connectivity index (χ0) is 19.3. The van der Waals surface area contributed by atoms with E-state index in [1.54, 1.807) is 13.8 Å². The van der Waals surface area contributed by atoms with Crippen LogP contribution in [0, 0.1) is 11.8 Å². The molecule has 0 saturated carbocycles. The highest BCUT2D eigenvalue weighted by molar-refractivity contribution is 5.86. The Morgan fingerprint density at radius 3 is 2.50 bits per heavy atom. The van der Waals surface area contributed by atoms with E-state index >= 15 is 0 Å².